The summed E-state index contributed by atoms with van der Waals surface area (Å²) in [6, 6.07) is 7.36. The maximum absolute atomic E-state index is 5.69. The van der Waals surface area contributed by atoms with Crippen molar-refractivity contribution in [3.05, 3.63) is 30.2 Å². The summed E-state index contributed by atoms with van der Waals surface area (Å²) in [5.41, 5.74) is 7.21. The summed E-state index contributed by atoms with van der Waals surface area (Å²) in [5.74, 6) is 1.02. The third-order valence-electron chi connectivity index (χ3n) is 2.19. The fourth-order valence-corrected chi connectivity index (χ4v) is 1.41. The normalized spacial score (nSPS) is 10.6. The van der Waals surface area contributed by atoms with E-state index >= 15 is 0 Å². The number of hydrogen-bond donors (Lipinski definition) is 1. The van der Waals surface area contributed by atoms with Gasteiger partial charge in [0, 0.05) is 17.9 Å². The lowest BCUT2D eigenvalue weighted by Crippen LogP contribution is -1.94. The van der Waals surface area contributed by atoms with E-state index in [0.717, 1.165) is 12.0 Å². The first-order valence-electron chi connectivity index (χ1n) is 5.56. The van der Waals surface area contributed by atoms with Crippen LogP contribution >= 0.6 is 0 Å². The maximum atomic E-state index is 5.69. The van der Waals surface area contributed by atoms with Crippen molar-refractivity contribution in [2.75, 3.05) is 12.3 Å². The van der Waals surface area contributed by atoms with Gasteiger partial charge in [0.15, 0.2) is 0 Å². The number of aromatic nitrogens is 2. The number of anilines is 1. The molecule has 1 aromatic carbocycles. The number of hydrogen-bond acceptors (Lipinski definition) is 5. The molecule has 0 saturated carbocycles. The van der Waals surface area contributed by atoms with E-state index in [-0.39, 0.29) is 0 Å². The van der Waals surface area contributed by atoms with Crippen molar-refractivity contribution in [3.8, 4) is 11.4 Å². The molecular formula is C12H15N3O2. The molecule has 0 unspecified atom stereocenters. The minimum Gasteiger partial charge on any atom is -0.399 e. The molecule has 0 radical (unpaired) electrons. The number of nitrogens with two attached hydrogens (primary N) is 1. The Bertz CT molecular complexity index is 482. The zero-order valence-corrected chi connectivity index (χ0v) is 9.72. The minimum absolute atomic E-state index is 0.350. The molecule has 0 amide bonds. The SMILES string of the molecule is CCCOCc1nc(-c2cccc(N)c2)no1. The lowest BCUT2D eigenvalue weighted by atomic mass is 10.2. The Hall–Kier alpha value is -1.88. The minimum atomic E-state index is 0.350. The molecule has 2 N–H and O–H groups in total. The van der Waals surface area contributed by atoms with Crippen LogP contribution in [0.3, 0.4) is 0 Å². The Morgan fingerprint density at radius 3 is 3.06 bits per heavy atom. The van der Waals surface area contributed by atoms with E-state index < -0.39 is 0 Å². The van der Waals surface area contributed by atoms with E-state index in [2.05, 4.69) is 10.1 Å². The Kier molecular flexibility index (Phi) is 3.72. The molecular weight excluding hydrogens is 218 g/mol. The second-order valence-corrected chi connectivity index (χ2v) is 3.69. The van der Waals surface area contributed by atoms with Gasteiger partial charge in [0.05, 0.1) is 0 Å². The standard InChI is InChI=1S/C12H15N3O2/c1-2-6-16-8-11-14-12(15-17-11)9-4-3-5-10(13)7-9/h3-5,7H,2,6,8,13H2,1H3. The average Bonchev–Trinajstić information content (AvgIpc) is 2.78. The fraction of sp³-hybridized carbons (Fsp3) is 0.333. The van der Waals surface area contributed by atoms with Gasteiger partial charge >= 0.3 is 0 Å². The Balaban J connectivity index is 2.07. The predicted octanol–water partition coefficient (Wildman–Crippen LogP) is 2.25. The first-order chi connectivity index (χ1) is 8.29. The molecule has 0 bridgehead atoms. The molecule has 17 heavy (non-hydrogen) atoms. The zero-order valence-electron chi connectivity index (χ0n) is 9.72. The molecule has 1 heterocycles. The second-order valence-electron chi connectivity index (χ2n) is 3.69. The van der Waals surface area contributed by atoms with Gasteiger partial charge in [-0.25, -0.2) is 0 Å². The van der Waals surface area contributed by atoms with Gasteiger partial charge in [-0.3, -0.25) is 0 Å². The summed E-state index contributed by atoms with van der Waals surface area (Å²) in [6.45, 7) is 3.09. The average molecular weight is 233 g/mol. The predicted molar refractivity (Wildman–Crippen MR) is 64.1 cm³/mol. The maximum Gasteiger partial charge on any atom is 0.252 e. The Morgan fingerprint density at radius 1 is 1.41 bits per heavy atom. The van der Waals surface area contributed by atoms with Gasteiger partial charge in [-0.2, -0.15) is 4.98 Å². The van der Waals surface area contributed by atoms with E-state index in [1.165, 1.54) is 0 Å². The topological polar surface area (TPSA) is 74.2 Å². The van der Waals surface area contributed by atoms with Crippen molar-refractivity contribution >= 4 is 5.69 Å². The molecule has 2 aromatic rings. The highest BCUT2D eigenvalue weighted by Gasteiger charge is 2.08. The van der Waals surface area contributed by atoms with Crippen LogP contribution in [0.1, 0.15) is 19.2 Å². The van der Waals surface area contributed by atoms with E-state index in [1.54, 1.807) is 0 Å². The summed E-state index contributed by atoms with van der Waals surface area (Å²) >= 11 is 0. The largest absolute Gasteiger partial charge is 0.399 e. The van der Waals surface area contributed by atoms with Crippen molar-refractivity contribution in [1.29, 1.82) is 0 Å². The molecule has 5 nitrogen and oxygen atoms in total. The first kappa shape index (κ1) is 11.6. The van der Waals surface area contributed by atoms with E-state index in [4.69, 9.17) is 15.0 Å². The first-order valence-corrected chi connectivity index (χ1v) is 5.56. The number of benzene rings is 1. The van der Waals surface area contributed by atoms with Crippen LogP contribution in [-0.2, 0) is 11.3 Å². The fourth-order valence-electron chi connectivity index (χ4n) is 1.41. The summed E-state index contributed by atoms with van der Waals surface area (Å²) in [6.07, 6.45) is 0.968. The van der Waals surface area contributed by atoms with Crippen LogP contribution in [0.4, 0.5) is 5.69 Å². The van der Waals surface area contributed by atoms with E-state index in [0.29, 0.717) is 30.6 Å². The van der Waals surface area contributed by atoms with Crippen LogP contribution in [0, 0.1) is 0 Å². The Morgan fingerprint density at radius 2 is 2.29 bits per heavy atom. The van der Waals surface area contributed by atoms with Gasteiger partial charge in [-0.15, -0.1) is 0 Å². The number of rotatable bonds is 5. The van der Waals surface area contributed by atoms with Crippen LogP contribution < -0.4 is 5.73 Å². The molecule has 0 aliphatic carbocycles. The molecule has 0 spiro atoms. The van der Waals surface area contributed by atoms with Crippen molar-refractivity contribution in [1.82, 2.24) is 10.1 Å². The number of ether oxygens (including phenoxy) is 1. The molecule has 0 fully saturated rings. The van der Waals surface area contributed by atoms with Crippen molar-refractivity contribution in [3.63, 3.8) is 0 Å². The monoisotopic (exact) mass is 233 g/mol. The van der Waals surface area contributed by atoms with Crippen LogP contribution in [0.2, 0.25) is 0 Å². The van der Waals surface area contributed by atoms with Crippen LogP contribution in [0.25, 0.3) is 11.4 Å². The van der Waals surface area contributed by atoms with Gasteiger partial charge < -0.3 is 15.0 Å². The van der Waals surface area contributed by atoms with Gasteiger partial charge in [0.2, 0.25) is 5.82 Å². The van der Waals surface area contributed by atoms with E-state index in [1.807, 2.05) is 31.2 Å². The van der Waals surface area contributed by atoms with Gasteiger partial charge in [0.25, 0.3) is 5.89 Å². The molecule has 1 aromatic heterocycles. The molecule has 0 aliphatic rings. The lowest BCUT2D eigenvalue weighted by Gasteiger charge is -1.96. The third-order valence-corrected chi connectivity index (χ3v) is 2.19. The summed E-state index contributed by atoms with van der Waals surface area (Å²) < 4.78 is 10.4. The molecule has 0 atom stereocenters. The van der Waals surface area contributed by atoms with Crippen molar-refractivity contribution < 1.29 is 9.26 Å². The van der Waals surface area contributed by atoms with Gasteiger partial charge in [0.1, 0.15) is 6.61 Å². The van der Waals surface area contributed by atoms with Gasteiger partial charge in [-0.1, -0.05) is 24.2 Å². The van der Waals surface area contributed by atoms with Crippen LogP contribution in [0.15, 0.2) is 28.8 Å². The molecule has 0 saturated heterocycles. The molecule has 5 heteroatoms. The highest BCUT2D eigenvalue weighted by atomic mass is 16.5. The molecule has 2 rings (SSSR count). The van der Waals surface area contributed by atoms with Crippen molar-refractivity contribution in [2.24, 2.45) is 0 Å². The smallest absolute Gasteiger partial charge is 0.252 e. The molecule has 90 valence electrons. The highest BCUT2D eigenvalue weighted by molar-refractivity contribution is 5.60. The van der Waals surface area contributed by atoms with Crippen molar-refractivity contribution in [2.45, 2.75) is 20.0 Å². The highest BCUT2D eigenvalue weighted by Crippen LogP contribution is 2.18. The van der Waals surface area contributed by atoms with E-state index in [9.17, 15) is 0 Å². The van der Waals surface area contributed by atoms with Crippen LogP contribution in [0.5, 0.6) is 0 Å². The number of nitrogens with zero attached hydrogens (tertiary/aromatic N) is 2. The summed E-state index contributed by atoms with van der Waals surface area (Å²) in [5, 5.41) is 3.88. The van der Waals surface area contributed by atoms with Gasteiger partial charge in [-0.05, 0) is 18.6 Å². The quantitative estimate of drug-likeness (QED) is 0.633. The van der Waals surface area contributed by atoms with Crippen LogP contribution in [-0.4, -0.2) is 16.7 Å². The number of nitrogen functional groups attached to an aromatic ring is 1. The molecule has 0 aliphatic heterocycles. The third kappa shape index (κ3) is 3.04. The summed E-state index contributed by atoms with van der Waals surface area (Å²) in [7, 11) is 0. The lowest BCUT2D eigenvalue weighted by molar-refractivity contribution is 0.0982. The summed E-state index contributed by atoms with van der Waals surface area (Å²) in [4.78, 5) is 4.24. The Labute approximate surface area is 99.6 Å². The zero-order chi connectivity index (χ0) is 12.1. The second kappa shape index (κ2) is 5.45.